The molecule has 7 heteroatoms. The Morgan fingerprint density at radius 2 is 2.00 bits per heavy atom. The number of hydrogen-bond acceptors (Lipinski definition) is 3. The number of ether oxygens (including phenoxy) is 1. The molecule has 1 aliphatic carbocycles. The van der Waals surface area contributed by atoms with Crippen molar-refractivity contribution in [2.75, 3.05) is 0 Å². The van der Waals surface area contributed by atoms with E-state index < -0.39 is 11.7 Å². The number of halogens is 3. The molecular formula is C20H20F3N3O. The molecule has 0 saturated carbocycles. The number of rotatable bonds is 5. The second kappa shape index (κ2) is 7.82. The maximum absolute atomic E-state index is 13.2. The zero-order valence-electron chi connectivity index (χ0n) is 15.1. The van der Waals surface area contributed by atoms with Crippen LogP contribution in [-0.4, -0.2) is 20.9 Å². The molecule has 2 aromatic rings. The standard InChI is InChI=1S/C20H20F3N3O/c1-14(2)27-18-11-16(10-17(12-18)20(21,22)23)19-24-13-26(25-19)9-8-15-6-4-3-5-7-15/h4,6-14H,3,5H2,1-2H3/b9-8-. The molecule has 0 saturated heterocycles. The average Bonchev–Trinajstić information content (AvgIpc) is 3.08. The highest BCUT2D eigenvalue weighted by Crippen LogP contribution is 2.35. The van der Waals surface area contributed by atoms with Crippen molar-refractivity contribution in [2.24, 2.45) is 0 Å². The van der Waals surface area contributed by atoms with Crippen molar-refractivity contribution in [1.29, 1.82) is 0 Å². The lowest BCUT2D eigenvalue weighted by molar-refractivity contribution is -0.137. The van der Waals surface area contributed by atoms with Crippen LogP contribution in [-0.2, 0) is 6.18 Å². The molecular weight excluding hydrogens is 355 g/mol. The maximum Gasteiger partial charge on any atom is 0.416 e. The Kier molecular flexibility index (Phi) is 5.48. The molecule has 0 spiro atoms. The Morgan fingerprint density at radius 3 is 2.67 bits per heavy atom. The molecule has 0 radical (unpaired) electrons. The van der Waals surface area contributed by atoms with Crippen LogP contribution in [0.25, 0.3) is 17.6 Å². The van der Waals surface area contributed by atoms with Crippen molar-refractivity contribution in [1.82, 2.24) is 14.8 Å². The zero-order chi connectivity index (χ0) is 19.4. The van der Waals surface area contributed by atoms with Gasteiger partial charge < -0.3 is 4.74 Å². The van der Waals surface area contributed by atoms with Gasteiger partial charge in [-0.1, -0.05) is 18.2 Å². The van der Waals surface area contributed by atoms with Crippen LogP contribution in [0.4, 0.5) is 13.2 Å². The fourth-order valence-electron chi connectivity index (χ4n) is 2.63. The second-order valence-electron chi connectivity index (χ2n) is 6.46. The molecule has 1 aliphatic rings. The quantitative estimate of drug-likeness (QED) is 0.693. The van der Waals surface area contributed by atoms with E-state index in [0.29, 0.717) is 0 Å². The van der Waals surface area contributed by atoms with Crippen LogP contribution >= 0.6 is 0 Å². The fourth-order valence-corrected chi connectivity index (χ4v) is 2.63. The van der Waals surface area contributed by atoms with E-state index in [1.165, 1.54) is 17.1 Å². The molecule has 1 aromatic heterocycles. The third kappa shape index (κ3) is 5.09. The summed E-state index contributed by atoms with van der Waals surface area (Å²) in [5.74, 6) is 0.340. The van der Waals surface area contributed by atoms with Gasteiger partial charge >= 0.3 is 6.18 Å². The Morgan fingerprint density at radius 1 is 1.19 bits per heavy atom. The van der Waals surface area contributed by atoms with Crippen molar-refractivity contribution in [3.63, 3.8) is 0 Å². The summed E-state index contributed by atoms with van der Waals surface area (Å²) >= 11 is 0. The summed E-state index contributed by atoms with van der Waals surface area (Å²) < 4.78 is 46.6. The van der Waals surface area contributed by atoms with Crippen molar-refractivity contribution in [3.05, 3.63) is 60.0 Å². The molecule has 0 fully saturated rings. The predicted octanol–water partition coefficient (Wildman–Crippen LogP) is 5.50. The van der Waals surface area contributed by atoms with E-state index in [4.69, 9.17) is 4.74 Å². The summed E-state index contributed by atoms with van der Waals surface area (Å²) in [5, 5.41) is 4.25. The summed E-state index contributed by atoms with van der Waals surface area (Å²) in [6.45, 7) is 3.51. The lowest BCUT2D eigenvalue weighted by atomic mass is 10.1. The van der Waals surface area contributed by atoms with E-state index in [1.54, 1.807) is 20.0 Å². The van der Waals surface area contributed by atoms with E-state index in [-0.39, 0.29) is 23.2 Å². The third-order valence-electron chi connectivity index (χ3n) is 3.82. The van der Waals surface area contributed by atoms with Gasteiger partial charge in [0, 0.05) is 11.8 Å². The van der Waals surface area contributed by atoms with Crippen LogP contribution in [0.15, 0.2) is 54.4 Å². The molecule has 0 atom stereocenters. The highest BCUT2D eigenvalue weighted by molar-refractivity contribution is 5.59. The van der Waals surface area contributed by atoms with Crippen molar-refractivity contribution in [2.45, 2.75) is 39.0 Å². The lowest BCUT2D eigenvalue weighted by Crippen LogP contribution is -2.09. The molecule has 0 unspecified atom stereocenters. The molecule has 3 rings (SSSR count). The van der Waals surface area contributed by atoms with Gasteiger partial charge in [0.25, 0.3) is 0 Å². The van der Waals surface area contributed by atoms with E-state index in [2.05, 4.69) is 22.2 Å². The van der Waals surface area contributed by atoms with Gasteiger partial charge in [-0.05, 0) is 56.5 Å². The summed E-state index contributed by atoms with van der Waals surface area (Å²) in [6, 6.07) is 3.54. The van der Waals surface area contributed by atoms with Crippen molar-refractivity contribution in [3.8, 4) is 17.1 Å². The summed E-state index contributed by atoms with van der Waals surface area (Å²) in [4.78, 5) is 4.13. The maximum atomic E-state index is 13.2. The predicted molar refractivity (Wildman–Crippen MR) is 98.0 cm³/mol. The largest absolute Gasteiger partial charge is 0.491 e. The number of nitrogens with zero attached hydrogens (tertiary/aromatic N) is 3. The number of alkyl halides is 3. The van der Waals surface area contributed by atoms with E-state index in [0.717, 1.165) is 30.5 Å². The smallest absolute Gasteiger partial charge is 0.416 e. The number of hydrogen-bond donors (Lipinski definition) is 0. The third-order valence-corrected chi connectivity index (χ3v) is 3.82. The van der Waals surface area contributed by atoms with Crippen LogP contribution in [0.2, 0.25) is 0 Å². The topological polar surface area (TPSA) is 39.9 Å². The molecule has 1 aromatic carbocycles. The molecule has 0 aliphatic heterocycles. The minimum Gasteiger partial charge on any atom is -0.491 e. The Balaban J connectivity index is 1.89. The Hall–Kier alpha value is -2.83. The minimum absolute atomic E-state index is 0.138. The first-order valence-electron chi connectivity index (χ1n) is 8.66. The lowest BCUT2D eigenvalue weighted by Gasteiger charge is -2.14. The monoisotopic (exact) mass is 375 g/mol. The number of benzene rings is 1. The molecule has 27 heavy (non-hydrogen) atoms. The average molecular weight is 375 g/mol. The fraction of sp³-hybridized carbons (Fsp3) is 0.300. The van der Waals surface area contributed by atoms with E-state index in [9.17, 15) is 13.2 Å². The van der Waals surface area contributed by atoms with Crippen LogP contribution in [0.5, 0.6) is 5.75 Å². The highest BCUT2D eigenvalue weighted by Gasteiger charge is 2.32. The van der Waals surface area contributed by atoms with Crippen LogP contribution < -0.4 is 4.74 Å². The van der Waals surface area contributed by atoms with Gasteiger partial charge in [-0.15, -0.1) is 5.10 Å². The summed E-state index contributed by atoms with van der Waals surface area (Å²) in [6.07, 6.45) is 8.57. The first-order valence-corrected chi connectivity index (χ1v) is 8.66. The molecule has 0 N–H and O–H groups in total. The Bertz CT molecular complexity index is 892. The van der Waals surface area contributed by atoms with Gasteiger partial charge in [0.1, 0.15) is 12.1 Å². The van der Waals surface area contributed by atoms with Gasteiger partial charge in [0.2, 0.25) is 0 Å². The second-order valence-corrected chi connectivity index (χ2v) is 6.46. The normalized spacial score (nSPS) is 14.8. The SMILES string of the molecule is CC(C)Oc1cc(-c2ncn(/C=C\C3=CCCC=C3)n2)cc(C(F)(F)F)c1. The Labute approximate surface area is 155 Å². The van der Waals surface area contributed by atoms with Gasteiger partial charge in [-0.3, -0.25) is 0 Å². The van der Waals surface area contributed by atoms with Gasteiger partial charge in [-0.2, -0.15) is 13.2 Å². The van der Waals surface area contributed by atoms with Crippen LogP contribution in [0.3, 0.4) is 0 Å². The van der Waals surface area contributed by atoms with Gasteiger partial charge in [0.05, 0.1) is 11.7 Å². The summed E-state index contributed by atoms with van der Waals surface area (Å²) in [5.41, 5.74) is 0.523. The van der Waals surface area contributed by atoms with Crippen LogP contribution in [0, 0.1) is 0 Å². The molecule has 1 heterocycles. The van der Waals surface area contributed by atoms with Crippen molar-refractivity contribution < 1.29 is 17.9 Å². The van der Waals surface area contributed by atoms with E-state index >= 15 is 0 Å². The first kappa shape index (κ1) is 18.9. The summed E-state index contributed by atoms with van der Waals surface area (Å²) in [7, 11) is 0. The number of allylic oxidation sites excluding steroid dienone is 5. The van der Waals surface area contributed by atoms with Gasteiger partial charge in [-0.25, -0.2) is 9.67 Å². The molecule has 142 valence electrons. The van der Waals surface area contributed by atoms with E-state index in [1.807, 2.05) is 12.2 Å². The molecule has 0 bridgehead atoms. The van der Waals surface area contributed by atoms with Crippen molar-refractivity contribution >= 4 is 6.20 Å². The number of aromatic nitrogens is 3. The zero-order valence-corrected chi connectivity index (χ0v) is 15.1. The first-order chi connectivity index (χ1) is 12.8. The molecule has 0 amide bonds. The highest BCUT2D eigenvalue weighted by atomic mass is 19.4. The minimum atomic E-state index is -4.48. The van der Waals surface area contributed by atoms with Crippen LogP contribution in [0.1, 0.15) is 32.3 Å². The molecule has 4 nitrogen and oxygen atoms in total. The van der Waals surface area contributed by atoms with Gasteiger partial charge in [0.15, 0.2) is 5.82 Å².